The zero-order valence-electron chi connectivity index (χ0n) is 9.06. The van der Waals surface area contributed by atoms with Crippen molar-refractivity contribution < 1.29 is 0 Å². The molecule has 1 atom stereocenters. The molecule has 0 aliphatic carbocycles. The molecule has 0 saturated heterocycles. The van der Waals surface area contributed by atoms with Crippen LogP contribution in [0.2, 0.25) is 0 Å². The molecule has 1 aromatic rings. The van der Waals surface area contributed by atoms with Gasteiger partial charge in [0, 0.05) is 19.1 Å². The van der Waals surface area contributed by atoms with Gasteiger partial charge in [0.2, 0.25) is 0 Å². The lowest BCUT2D eigenvalue weighted by atomic mass is 9.96. The minimum atomic E-state index is 0. The number of halogens is 2. The van der Waals surface area contributed by atoms with Gasteiger partial charge in [-0.25, -0.2) is 0 Å². The topological polar surface area (TPSA) is 15.3 Å². The third kappa shape index (κ3) is 3.08. The Morgan fingerprint density at radius 2 is 1.87 bits per heavy atom. The standard InChI is InChI=1S/C11H16N2.2ClH/c1-13(2)11-8-12-7-9-5-3-4-6-10(9)11;;/h3-6,11-12H,7-8H2,1-2H3;2*1H. The van der Waals surface area contributed by atoms with Crippen LogP contribution < -0.4 is 5.32 Å². The Morgan fingerprint density at radius 3 is 2.53 bits per heavy atom. The predicted molar refractivity (Wildman–Crippen MR) is 69.1 cm³/mol. The van der Waals surface area contributed by atoms with E-state index < -0.39 is 0 Å². The molecule has 1 aromatic carbocycles. The molecule has 86 valence electrons. The highest BCUT2D eigenvalue weighted by molar-refractivity contribution is 5.85. The number of fused-ring (bicyclic) bond motifs is 1. The first-order valence-corrected chi connectivity index (χ1v) is 4.74. The highest BCUT2D eigenvalue weighted by Crippen LogP contribution is 2.24. The fourth-order valence-electron chi connectivity index (χ4n) is 1.93. The lowest BCUT2D eigenvalue weighted by Gasteiger charge is -2.31. The summed E-state index contributed by atoms with van der Waals surface area (Å²) in [6, 6.07) is 9.21. The first kappa shape index (κ1) is 14.7. The van der Waals surface area contributed by atoms with E-state index in [0.29, 0.717) is 6.04 Å². The van der Waals surface area contributed by atoms with Crippen molar-refractivity contribution >= 4 is 24.8 Å². The van der Waals surface area contributed by atoms with E-state index in [0.717, 1.165) is 13.1 Å². The van der Waals surface area contributed by atoms with E-state index >= 15 is 0 Å². The number of benzene rings is 1. The summed E-state index contributed by atoms with van der Waals surface area (Å²) in [5.41, 5.74) is 2.92. The summed E-state index contributed by atoms with van der Waals surface area (Å²) in [6.07, 6.45) is 0. The van der Waals surface area contributed by atoms with Gasteiger partial charge < -0.3 is 10.2 Å². The average molecular weight is 249 g/mol. The Bertz CT molecular complexity index is 302. The van der Waals surface area contributed by atoms with E-state index in [-0.39, 0.29) is 24.8 Å². The van der Waals surface area contributed by atoms with Gasteiger partial charge in [-0.2, -0.15) is 0 Å². The summed E-state index contributed by atoms with van der Waals surface area (Å²) in [4.78, 5) is 2.27. The minimum Gasteiger partial charge on any atom is -0.311 e. The molecule has 2 rings (SSSR count). The normalized spacial score (nSPS) is 18.7. The smallest absolute Gasteiger partial charge is 0.0470 e. The Morgan fingerprint density at radius 1 is 1.20 bits per heavy atom. The zero-order valence-corrected chi connectivity index (χ0v) is 10.7. The van der Waals surface area contributed by atoms with Gasteiger partial charge in [-0.15, -0.1) is 24.8 Å². The van der Waals surface area contributed by atoms with E-state index in [1.807, 2.05) is 0 Å². The molecule has 1 aliphatic heterocycles. The number of hydrogen-bond acceptors (Lipinski definition) is 2. The van der Waals surface area contributed by atoms with Crippen molar-refractivity contribution in [1.82, 2.24) is 10.2 Å². The van der Waals surface area contributed by atoms with Crippen molar-refractivity contribution in [2.24, 2.45) is 0 Å². The number of nitrogens with one attached hydrogen (secondary N) is 1. The van der Waals surface area contributed by atoms with E-state index in [2.05, 4.69) is 48.6 Å². The van der Waals surface area contributed by atoms with Gasteiger partial charge in [0.1, 0.15) is 0 Å². The molecule has 0 fully saturated rings. The van der Waals surface area contributed by atoms with Crippen LogP contribution in [0.1, 0.15) is 17.2 Å². The Balaban J connectivity index is 0.000000980. The number of nitrogens with zero attached hydrogens (tertiary/aromatic N) is 1. The molecule has 0 radical (unpaired) electrons. The molecule has 0 amide bonds. The van der Waals surface area contributed by atoms with Gasteiger partial charge in [-0.05, 0) is 25.2 Å². The summed E-state index contributed by atoms with van der Waals surface area (Å²) < 4.78 is 0. The second kappa shape index (κ2) is 6.33. The van der Waals surface area contributed by atoms with Gasteiger partial charge in [0.05, 0.1) is 0 Å². The summed E-state index contributed by atoms with van der Waals surface area (Å²) in [6.45, 7) is 2.07. The van der Waals surface area contributed by atoms with E-state index in [4.69, 9.17) is 0 Å². The summed E-state index contributed by atoms with van der Waals surface area (Å²) >= 11 is 0. The average Bonchev–Trinajstić information content (AvgIpc) is 2.17. The summed E-state index contributed by atoms with van der Waals surface area (Å²) in [7, 11) is 4.27. The molecule has 1 N–H and O–H groups in total. The number of hydrogen-bond donors (Lipinski definition) is 1. The maximum Gasteiger partial charge on any atom is 0.0470 e. The SMILES string of the molecule is CN(C)C1CNCc2ccccc21.Cl.Cl. The minimum absolute atomic E-state index is 0. The molecule has 0 aromatic heterocycles. The zero-order chi connectivity index (χ0) is 9.26. The molecule has 4 heteroatoms. The maximum atomic E-state index is 3.43. The van der Waals surface area contributed by atoms with E-state index in [1.54, 1.807) is 0 Å². The maximum absolute atomic E-state index is 3.43. The van der Waals surface area contributed by atoms with Crippen LogP contribution in [0.15, 0.2) is 24.3 Å². The van der Waals surface area contributed by atoms with E-state index in [1.165, 1.54) is 11.1 Å². The number of likely N-dealkylation sites (N-methyl/N-ethyl adjacent to an activating group) is 1. The highest BCUT2D eigenvalue weighted by atomic mass is 35.5. The number of rotatable bonds is 1. The van der Waals surface area contributed by atoms with Gasteiger partial charge in [0.15, 0.2) is 0 Å². The Labute approximate surface area is 104 Å². The highest BCUT2D eigenvalue weighted by Gasteiger charge is 2.20. The van der Waals surface area contributed by atoms with E-state index in [9.17, 15) is 0 Å². The molecule has 2 nitrogen and oxygen atoms in total. The van der Waals surface area contributed by atoms with Crippen molar-refractivity contribution in [1.29, 1.82) is 0 Å². The lowest BCUT2D eigenvalue weighted by Crippen LogP contribution is -2.35. The fraction of sp³-hybridized carbons (Fsp3) is 0.455. The lowest BCUT2D eigenvalue weighted by molar-refractivity contribution is 0.276. The second-order valence-corrected chi connectivity index (χ2v) is 3.81. The Kier molecular flexibility index (Phi) is 6.22. The van der Waals surface area contributed by atoms with Crippen LogP contribution in [-0.2, 0) is 6.54 Å². The molecule has 15 heavy (non-hydrogen) atoms. The largest absolute Gasteiger partial charge is 0.311 e. The molecule has 0 spiro atoms. The van der Waals surface area contributed by atoms with Crippen molar-refractivity contribution in [3.8, 4) is 0 Å². The van der Waals surface area contributed by atoms with Crippen LogP contribution >= 0.6 is 24.8 Å². The molecule has 1 heterocycles. The van der Waals surface area contributed by atoms with Crippen LogP contribution in [0.4, 0.5) is 0 Å². The molecule has 0 bridgehead atoms. The Hall–Kier alpha value is -0.280. The van der Waals surface area contributed by atoms with Crippen molar-refractivity contribution in [2.75, 3.05) is 20.6 Å². The monoisotopic (exact) mass is 248 g/mol. The van der Waals surface area contributed by atoms with Gasteiger partial charge in [0.25, 0.3) is 0 Å². The first-order chi connectivity index (χ1) is 6.29. The molecule has 0 saturated carbocycles. The molecular formula is C11H18Cl2N2. The molecule has 1 unspecified atom stereocenters. The second-order valence-electron chi connectivity index (χ2n) is 3.81. The van der Waals surface area contributed by atoms with Gasteiger partial charge in [-0.1, -0.05) is 24.3 Å². The predicted octanol–water partition coefficient (Wildman–Crippen LogP) is 2.24. The fourth-order valence-corrected chi connectivity index (χ4v) is 1.93. The van der Waals surface area contributed by atoms with Crippen molar-refractivity contribution in [3.05, 3.63) is 35.4 Å². The van der Waals surface area contributed by atoms with Crippen LogP contribution in [0.3, 0.4) is 0 Å². The van der Waals surface area contributed by atoms with Crippen molar-refractivity contribution in [2.45, 2.75) is 12.6 Å². The quantitative estimate of drug-likeness (QED) is 0.821. The van der Waals surface area contributed by atoms with Gasteiger partial charge >= 0.3 is 0 Å². The van der Waals surface area contributed by atoms with Crippen LogP contribution in [0.25, 0.3) is 0 Å². The first-order valence-electron chi connectivity index (χ1n) is 4.74. The van der Waals surface area contributed by atoms with Crippen LogP contribution in [0.5, 0.6) is 0 Å². The van der Waals surface area contributed by atoms with Crippen molar-refractivity contribution in [3.63, 3.8) is 0 Å². The third-order valence-electron chi connectivity index (χ3n) is 2.69. The third-order valence-corrected chi connectivity index (χ3v) is 2.69. The van der Waals surface area contributed by atoms with Crippen LogP contribution in [-0.4, -0.2) is 25.5 Å². The summed E-state index contributed by atoms with van der Waals surface area (Å²) in [5, 5.41) is 3.43. The molecule has 1 aliphatic rings. The molecular weight excluding hydrogens is 231 g/mol. The van der Waals surface area contributed by atoms with Gasteiger partial charge in [-0.3, -0.25) is 0 Å². The van der Waals surface area contributed by atoms with Crippen LogP contribution in [0, 0.1) is 0 Å². The summed E-state index contributed by atoms with van der Waals surface area (Å²) in [5.74, 6) is 0.